The largest absolute Gasteiger partial charge is 0.376 e. The van der Waals surface area contributed by atoms with Crippen LogP contribution in [-0.4, -0.2) is 38.6 Å². The number of thiophene rings is 1. The van der Waals surface area contributed by atoms with Gasteiger partial charge in [-0.2, -0.15) is 10.2 Å². The molecule has 0 saturated carbocycles. The molecule has 8 heteroatoms. The Morgan fingerprint density at radius 3 is 3.24 bits per heavy atom. The SMILES string of the molecule is O=C(Nc1cnn(CC2CCCCO2)c1)c1cc(-c2cccs2)[nH]n1. The van der Waals surface area contributed by atoms with Crippen LogP contribution in [0.5, 0.6) is 0 Å². The highest BCUT2D eigenvalue weighted by Crippen LogP contribution is 2.23. The van der Waals surface area contributed by atoms with Crippen LogP contribution in [0, 0.1) is 0 Å². The summed E-state index contributed by atoms with van der Waals surface area (Å²) in [5, 5.41) is 16.1. The Bertz CT molecular complexity index is 833. The molecule has 1 saturated heterocycles. The van der Waals surface area contributed by atoms with E-state index in [9.17, 15) is 4.79 Å². The van der Waals surface area contributed by atoms with Crippen LogP contribution in [-0.2, 0) is 11.3 Å². The first-order valence-corrected chi connectivity index (χ1v) is 9.20. The van der Waals surface area contributed by atoms with Gasteiger partial charge in [-0.3, -0.25) is 14.6 Å². The van der Waals surface area contributed by atoms with Crippen molar-refractivity contribution in [3.63, 3.8) is 0 Å². The maximum absolute atomic E-state index is 12.3. The molecule has 1 aliphatic heterocycles. The van der Waals surface area contributed by atoms with E-state index >= 15 is 0 Å². The third-order valence-corrected chi connectivity index (χ3v) is 5.06. The molecular formula is C17H19N5O2S. The van der Waals surface area contributed by atoms with Gasteiger partial charge >= 0.3 is 0 Å². The summed E-state index contributed by atoms with van der Waals surface area (Å²) < 4.78 is 7.53. The van der Waals surface area contributed by atoms with Crippen molar-refractivity contribution in [3.8, 4) is 10.6 Å². The fourth-order valence-corrected chi connectivity index (χ4v) is 3.57. The molecule has 130 valence electrons. The molecule has 0 bridgehead atoms. The zero-order chi connectivity index (χ0) is 17.1. The van der Waals surface area contributed by atoms with Gasteiger partial charge in [0.1, 0.15) is 0 Å². The van der Waals surface area contributed by atoms with E-state index in [0.29, 0.717) is 17.9 Å². The van der Waals surface area contributed by atoms with Gasteiger partial charge < -0.3 is 10.1 Å². The minimum atomic E-state index is -0.257. The number of hydrogen-bond acceptors (Lipinski definition) is 5. The van der Waals surface area contributed by atoms with Gasteiger partial charge in [-0.1, -0.05) is 6.07 Å². The summed E-state index contributed by atoms with van der Waals surface area (Å²) in [6.45, 7) is 1.53. The molecule has 3 aromatic rings. The van der Waals surface area contributed by atoms with Crippen molar-refractivity contribution in [1.82, 2.24) is 20.0 Å². The van der Waals surface area contributed by atoms with E-state index in [2.05, 4.69) is 20.6 Å². The summed E-state index contributed by atoms with van der Waals surface area (Å²) in [5.74, 6) is -0.257. The lowest BCUT2D eigenvalue weighted by Gasteiger charge is -2.22. The van der Waals surface area contributed by atoms with Gasteiger partial charge in [-0.05, 0) is 36.8 Å². The van der Waals surface area contributed by atoms with Gasteiger partial charge in [0.2, 0.25) is 0 Å². The van der Waals surface area contributed by atoms with Crippen molar-refractivity contribution in [3.05, 3.63) is 41.7 Å². The number of carbonyl (C=O) groups is 1. The molecule has 3 aromatic heterocycles. The third kappa shape index (κ3) is 3.80. The molecule has 4 heterocycles. The van der Waals surface area contributed by atoms with Crippen molar-refractivity contribution < 1.29 is 9.53 Å². The molecule has 1 fully saturated rings. The van der Waals surface area contributed by atoms with Crippen LogP contribution >= 0.6 is 11.3 Å². The number of amides is 1. The summed E-state index contributed by atoms with van der Waals surface area (Å²) in [6.07, 6.45) is 7.06. The fraction of sp³-hybridized carbons (Fsp3) is 0.353. The van der Waals surface area contributed by atoms with E-state index in [1.165, 1.54) is 6.42 Å². The van der Waals surface area contributed by atoms with Gasteiger partial charge in [-0.25, -0.2) is 0 Å². The number of aromatic amines is 1. The van der Waals surface area contributed by atoms with Crippen LogP contribution < -0.4 is 5.32 Å². The number of rotatable bonds is 5. The minimum absolute atomic E-state index is 0.205. The quantitative estimate of drug-likeness (QED) is 0.734. The zero-order valence-corrected chi connectivity index (χ0v) is 14.5. The van der Waals surface area contributed by atoms with Crippen LogP contribution in [0.1, 0.15) is 29.8 Å². The van der Waals surface area contributed by atoms with E-state index < -0.39 is 0 Å². The predicted molar refractivity (Wildman–Crippen MR) is 95.7 cm³/mol. The Labute approximate surface area is 149 Å². The summed E-state index contributed by atoms with van der Waals surface area (Å²) in [4.78, 5) is 13.4. The zero-order valence-electron chi connectivity index (χ0n) is 13.6. The first-order chi connectivity index (χ1) is 12.3. The Kier molecular flexibility index (Phi) is 4.62. The number of anilines is 1. The predicted octanol–water partition coefficient (Wildman–Crippen LogP) is 3.16. The highest BCUT2D eigenvalue weighted by molar-refractivity contribution is 7.13. The average Bonchev–Trinajstić information content (AvgIpc) is 3.37. The van der Waals surface area contributed by atoms with E-state index in [1.807, 2.05) is 28.4 Å². The van der Waals surface area contributed by atoms with Crippen LogP contribution in [0.4, 0.5) is 5.69 Å². The van der Waals surface area contributed by atoms with Gasteiger partial charge in [0.05, 0.1) is 35.1 Å². The topological polar surface area (TPSA) is 84.8 Å². The Morgan fingerprint density at radius 2 is 2.44 bits per heavy atom. The second kappa shape index (κ2) is 7.20. The van der Waals surface area contributed by atoms with Crippen molar-refractivity contribution in [2.24, 2.45) is 0 Å². The lowest BCUT2D eigenvalue weighted by molar-refractivity contribution is 0.00401. The van der Waals surface area contributed by atoms with Gasteiger partial charge in [0.25, 0.3) is 5.91 Å². The standard InChI is InChI=1S/C17H19N5O2S/c23-17(15-8-14(20-21-15)16-5-3-7-25-16)19-12-9-18-22(10-12)11-13-4-1-2-6-24-13/h3,5,7-10,13H,1-2,4,6,11H2,(H,19,23)(H,20,21). The second-order valence-corrected chi connectivity index (χ2v) is 6.99. The lowest BCUT2D eigenvalue weighted by Crippen LogP contribution is -2.24. The minimum Gasteiger partial charge on any atom is -0.376 e. The maximum Gasteiger partial charge on any atom is 0.276 e. The highest BCUT2D eigenvalue weighted by atomic mass is 32.1. The first kappa shape index (κ1) is 16.0. The summed E-state index contributed by atoms with van der Waals surface area (Å²) in [7, 11) is 0. The number of hydrogen-bond donors (Lipinski definition) is 2. The summed E-state index contributed by atoms with van der Waals surface area (Å²) >= 11 is 1.60. The summed E-state index contributed by atoms with van der Waals surface area (Å²) in [5.41, 5.74) is 1.85. The average molecular weight is 357 g/mol. The molecule has 1 atom stereocenters. The van der Waals surface area contributed by atoms with E-state index in [-0.39, 0.29) is 12.0 Å². The van der Waals surface area contributed by atoms with Gasteiger partial charge in [0.15, 0.2) is 5.69 Å². The second-order valence-electron chi connectivity index (χ2n) is 6.04. The Morgan fingerprint density at radius 1 is 1.48 bits per heavy atom. The van der Waals surface area contributed by atoms with Crippen molar-refractivity contribution in [1.29, 1.82) is 0 Å². The molecule has 7 nitrogen and oxygen atoms in total. The molecule has 1 unspecified atom stereocenters. The lowest BCUT2D eigenvalue weighted by atomic mass is 10.1. The smallest absolute Gasteiger partial charge is 0.276 e. The molecule has 2 N–H and O–H groups in total. The number of nitrogens with one attached hydrogen (secondary N) is 2. The van der Waals surface area contributed by atoms with E-state index in [0.717, 1.165) is 30.0 Å². The van der Waals surface area contributed by atoms with Crippen LogP contribution in [0.15, 0.2) is 36.0 Å². The molecule has 0 aromatic carbocycles. The van der Waals surface area contributed by atoms with Gasteiger partial charge in [-0.15, -0.1) is 11.3 Å². The fourth-order valence-electron chi connectivity index (χ4n) is 2.88. The molecule has 25 heavy (non-hydrogen) atoms. The van der Waals surface area contributed by atoms with Crippen molar-refractivity contribution >= 4 is 22.9 Å². The Balaban J connectivity index is 1.38. The normalized spacial score (nSPS) is 17.5. The molecule has 1 aliphatic rings. The van der Waals surface area contributed by atoms with E-state index in [4.69, 9.17) is 4.74 Å². The maximum atomic E-state index is 12.3. The number of ether oxygens (including phenoxy) is 1. The van der Waals surface area contributed by atoms with Crippen LogP contribution in [0.3, 0.4) is 0 Å². The van der Waals surface area contributed by atoms with E-state index in [1.54, 1.807) is 23.6 Å². The van der Waals surface area contributed by atoms with Crippen molar-refractivity contribution in [2.45, 2.75) is 31.9 Å². The first-order valence-electron chi connectivity index (χ1n) is 8.32. The number of H-pyrrole nitrogens is 1. The third-order valence-electron chi connectivity index (χ3n) is 4.15. The molecular weight excluding hydrogens is 338 g/mol. The highest BCUT2D eigenvalue weighted by Gasteiger charge is 2.16. The molecule has 0 radical (unpaired) electrons. The number of carbonyl (C=O) groups excluding carboxylic acids is 1. The molecule has 0 spiro atoms. The molecule has 1 amide bonds. The summed E-state index contributed by atoms with van der Waals surface area (Å²) in [6, 6.07) is 5.70. The van der Waals surface area contributed by atoms with Gasteiger partial charge in [0, 0.05) is 12.8 Å². The van der Waals surface area contributed by atoms with Crippen LogP contribution in [0.25, 0.3) is 10.6 Å². The van der Waals surface area contributed by atoms with Crippen LogP contribution in [0.2, 0.25) is 0 Å². The monoisotopic (exact) mass is 357 g/mol. The Hall–Kier alpha value is -2.45. The molecule has 4 rings (SSSR count). The number of aromatic nitrogens is 4. The number of nitrogens with zero attached hydrogens (tertiary/aromatic N) is 3. The van der Waals surface area contributed by atoms with Crippen molar-refractivity contribution in [2.75, 3.05) is 11.9 Å². The molecule has 0 aliphatic carbocycles.